The van der Waals surface area contributed by atoms with Crippen molar-refractivity contribution < 1.29 is 33.8 Å². The van der Waals surface area contributed by atoms with E-state index < -0.39 is 41.9 Å². The van der Waals surface area contributed by atoms with Crippen LogP contribution in [0.25, 0.3) is 11.1 Å². The van der Waals surface area contributed by atoms with Crippen molar-refractivity contribution in [2.45, 2.75) is 24.7 Å². The largest absolute Gasteiger partial charge is 0.480 e. The Labute approximate surface area is 267 Å². The number of anilines is 2. The molecule has 5 rings (SSSR count). The first-order chi connectivity index (χ1) is 21.7. The summed E-state index contributed by atoms with van der Waals surface area (Å²) in [5.74, 6) is -3.18. The first-order valence-corrected chi connectivity index (χ1v) is 14.4. The van der Waals surface area contributed by atoms with E-state index in [9.17, 15) is 24.3 Å². The summed E-state index contributed by atoms with van der Waals surface area (Å²) in [7, 11) is 0. The van der Waals surface area contributed by atoms with Gasteiger partial charge in [0.05, 0.1) is 0 Å². The number of ether oxygens (including phenoxy) is 2. The van der Waals surface area contributed by atoms with Crippen LogP contribution in [0.5, 0.6) is 0 Å². The minimum Gasteiger partial charge on any atom is -0.480 e. The standard InChI is InChI=1S/C32H26Cl2N4O7/c33-25-15-20(16-26(34)38-25)29(39)35-21-12-10-18(11-13-21)14-24(32(42)43)37-31(41)28-27(44-17-45-28)30(40)36-23-9-5-4-8-22(23)19-6-2-1-3-7-19/h1-13,15-16,24,27-28H,14,17H2,(H,35,39)(H,36,40)(H,37,41)(H,42,43)/t24-,27+,28+/m0/s1. The van der Waals surface area contributed by atoms with E-state index in [2.05, 4.69) is 20.9 Å². The molecule has 0 bridgehead atoms. The molecule has 1 saturated heterocycles. The van der Waals surface area contributed by atoms with Gasteiger partial charge in [0.2, 0.25) is 0 Å². The van der Waals surface area contributed by atoms with E-state index in [0.29, 0.717) is 16.9 Å². The van der Waals surface area contributed by atoms with Gasteiger partial charge in [0.25, 0.3) is 17.7 Å². The maximum absolute atomic E-state index is 13.2. The third kappa shape index (κ3) is 8.02. The second kappa shape index (κ2) is 14.3. The van der Waals surface area contributed by atoms with E-state index in [1.807, 2.05) is 42.5 Å². The van der Waals surface area contributed by atoms with Crippen LogP contribution in [0.1, 0.15) is 15.9 Å². The van der Waals surface area contributed by atoms with E-state index in [0.717, 1.165) is 11.1 Å². The zero-order valence-electron chi connectivity index (χ0n) is 23.4. The zero-order valence-corrected chi connectivity index (χ0v) is 24.9. The van der Waals surface area contributed by atoms with Gasteiger partial charge in [-0.15, -0.1) is 0 Å². The molecule has 4 N–H and O–H groups in total. The van der Waals surface area contributed by atoms with Gasteiger partial charge >= 0.3 is 5.97 Å². The average molecular weight is 649 g/mol. The molecule has 1 aliphatic heterocycles. The monoisotopic (exact) mass is 648 g/mol. The molecule has 3 aromatic carbocycles. The van der Waals surface area contributed by atoms with Gasteiger partial charge < -0.3 is 30.5 Å². The molecular formula is C32H26Cl2N4O7. The average Bonchev–Trinajstić information content (AvgIpc) is 3.52. The Morgan fingerprint density at radius 1 is 0.822 bits per heavy atom. The van der Waals surface area contributed by atoms with Gasteiger partial charge in [0.1, 0.15) is 23.1 Å². The molecule has 1 aliphatic rings. The van der Waals surface area contributed by atoms with Crippen molar-refractivity contribution in [2.75, 3.05) is 17.4 Å². The van der Waals surface area contributed by atoms with Gasteiger partial charge in [-0.1, -0.05) is 83.9 Å². The lowest BCUT2D eigenvalue weighted by molar-refractivity contribution is -0.144. The Kier molecular flexibility index (Phi) is 10.1. The van der Waals surface area contributed by atoms with E-state index >= 15 is 0 Å². The maximum Gasteiger partial charge on any atom is 0.326 e. The lowest BCUT2D eigenvalue weighted by Crippen LogP contribution is -2.51. The highest BCUT2D eigenvalue weighted by Crippen LogP contribution is 2.28. The van der Waals surface area contributed by atoms with Gasteiger partial charge in [-0.3, -0.25) is 14.4 Å². The van der Waals surface area contributed by atoms with Crippen LogP contribution in [-0.4, -0.2) is 58.8 Å². The summed E-state index contributed by atoms with van der Waals surface area (Å²) in [6.07, 6.45) is -2.76. The third-order valence-electron chi connectivity index (χ3n) is 6.85. The molecule has 0 radical (unpaired) electrons. The predicted molar refractivity (Wildman–Crippen MR) is 167 cm³/mol. The summed E-state index contributed by atoms with van der Waals surface area (Å²) in [4.78, 5) is 54.7. The number of aliphatic carboxylic acids is 1. The van der Waals surface area contributed by atoms with Crippen LogP contribution in [0.15, 0.2) is 91.0 Å². The first-order valence-electron chi connectivity index (χ1n) is 13.6. The summed E-state index contributed by atoms with van der Waals surface area (Å²) in [6, 6.07) is 24.4. The molecule has 2 heterocycles. The number of halogens is 2. The number of carbonyl (C=O) groups is 4. The van der Waals surface area contributed by atoms with Gasteiger partial charge in [0, 0.05) is 28.9 Å². The molecule has 4 aromatic rings. The van der Waals surface area contributed by atoms with Crippen LogP contribution >= 0.6 is 23.2 Å². The summed E-state index contributed by atoms with van der Waals surface area (Å²) in [6.45, 7) is -0.320. The number of para-hydroxylation sites is 1. The highest BCUT2D eigenvalue weighted by atomic mass is 35.5. The molecule has 230 valence electrons. The van der Waals surface area contributed by atoms with Crippen LogP contribution in [-0.2, 0) is 30.3 Å². The number of benzene rings is 3. The number of hydrogen-bond donors (Lipinski definition) is 4. The molecule has 3 amide bonds. The second-order valence-electron chi connectivity index (χ2n) is 9.95. The normalized spacial score (nSPS) is 16.4. The molecule has 1 fully saturated rings. The molecule has 0 aliphatic carbocycles. The number of pyridine rings is 1. The van der Waals surface area contributed by atoms with Crippen LogP contribution in [0.4, 0.5) is 11.4 Å². The molecule has 11 nitrogen and oxygen atoms in total. The van der Waals surface area contributed by atoms with Gasteiger partial charge in [-0.05, 0) is 41.5 Å². The van der Waals surface area contributed by atoms with Gasteiger partial charge in [0.15, 0.2) is 12.2 Å². The minimum atomic E-state index is -1.37. The molecule has 45 heavy (non-hydrogen) atoms. The van der Waals surface area contributed by atoms with E-state index in [1.165, 1.54) is 12.1 Å². The zero-order chi connectivity index (χ0) is 31.9. The quantitative estimate of drug-likeness (QED) is 0.179. The Hall–Kier alpha value is -4.81. The number of aromatic nitrogens is 1. The Morgan fingerprint density at radius 3 is 2.11 bits per heavy atom. The SMILES string of the molecule is O=C(Nc1ccc(C[C@H](NC(=O)[C@@H]2OCO[C@H]2C(=O)Nc2ccccc2-c2ccccc2)C(=O)O)cc1)c1cc(Cl)nc(Cl)c1. The van der Waals surface area contributed by atoms with Crippen molar-refractivity contribution in [2.24, 2.45) is 0 Å². The van der Waals surface area contributed by atoms with Crippen molar-refractivity contribution >= 4 is 58.3 Å². The lowest BCUT2D eigenvalue weighted by atomic mass is 10.0. The van der Waals surface area contributed by atoms with Crippen molar-refractivity contribution in [3.8, 4) is 11.1 Å². The molecule has 1 aromatic heterocycles. The maximum atomic E-state index is 13.2. The first kappa shape index (κ1) is 31.6. The number of hydrogen-bond acceptors (Lipinski definition) is 7. The van der Waals surface area contributed by atoms with Crippen molar-refractivity contribution in [3.05, 3.63) is 112 Å². The number of nitrogens with zero attached hydrogens (tertiary/aromatic N) is 1. The summed E-state index contributed by atoms with van der Waals surface area (Å²) >= 11 is 11.7. The Balaban J connectivity index is 1.21. The third-order valence-corrected chi connectivity index (χ3v) is 7.24. The van der Waals surface area contributed by atoms with Crippen LogP contribution < -0.4 is 16.0 Å². The molecule has 0 spiro atoms. The molecule has 13 heteroatoms. The summed E-state index contributed by atoms with van der Waals surface area (Å²) in [5, 5.41) is 17.9. The number of rotatable bonds is 10. The second-order valence-corrected chi connectivity index (χ2v) is 10.7. The number of amides is 3. The topological polar surface area (TPSA) is 156 Å². The van der Waals surface area contributed by atoms with E-state index in [4.69, 9.17) is 32.7 Å². The Bertz CT molecular complexity index is 1700. The molecule has 0 unspecified atom stereocenters. The van der Waals surface area contributed by atoms with E-state index in [-0.39, 0.29) is 29.1 Å². The number of carboxylic acid groups (broad SMARTS) is 1. The van der Waals surface area contributed by atoms with Crippen molar-refractivity contribution in [1.29, 1.82) is 0 Å². The minimum absolute atomic E-state index is 0.0691. The smallest absolute Gasteiger partial charge is 0.326 e. The Morgan fingerprint density at radius 2 is 1.44 bits per heavy atom. The molecular weight excluding hydrogens is 623 g/mol. The highest BCUT2D eigenvalue weighted by molar-refractivity contribution is 6.33. The fraction of sp³-hybridized carbons (Fsp3) is 0.156. The lowest BCUT2D eigenvalue weighted by Gasteiger charge is -2.20. The van der Waals surface area contributed by atoms with Crippen molar-refractivity contribution in [3.63, 3.8) is 0 Å². The number of nitrogens with one attached hydrogen (secondary N) is 3. The number of carboxylic acids is 1. The molecule has 3 atom stereocenters. The molecule has 0 saturated carbocycles. The van der Waals surface area contributed by atoms with E-state index in [1.54, 1.807) is 36.4 Å². The fourth-order valence-corrected chi connectivity index (χ4v) is 5.13. The van der Waals surface area contributed by atoms with Crippen molar-refractivity contribution in [1.82, 2.24) is 10.3 Å². The summed E-state index contributed by atoms with van der Waals surface area (Å²) < 4.78 is 10.8. The highest BCUT2D eigenvalue weighted by Gasteiger charge is 2.42. The van der Waals surface area contributed by atoms with Gasteiger partial charge in [-0.25, -0.2) is 9.78 Å². The fourth-order valence-electron chi connectivity index (χ4n) is 4.67. The van der Waals surface area contributed by atoms with Gasteiger partial charge in [-0.2, -0.15) is 0 Å². The van der Waals surface area contributed by atoms with Crippen LogP contribution in [0, 0.1) is 0 Å². The summed E-state index contributed by atoms with van der Waals surface area (Å²) in [5.41, 5.74) is 3.38. The predicted octanol–water partition coefficient (Wildman–Crippen LogP) is 4.80. The van der Waals surface area contributed by atoms with Crippen LogP contribution in [0.2, 0.25) is 10.3 Å². The van der Waals surface area contributed by atoms with Crippen LogP contribution in [0.3, 0.4) is 0 Å². The number of carbonyl (C=O) groups excluding carboxylic acids is 3.